The van der Waals surface area contributed by atoms with Gasteiger partial charge in [-0.2, -0.15) is 9.65 Å². The van der Waals surface area contributed by atoms with Gasteiger partial charge >= 0.3 is 0 Å². The number of imidazole rings is 1. The van der Waals surface area contributed by atoms with Crippen molar-refractivity contribution in [2.45, 2.75) is 38.3 Å². The molecule has 10 heteroatoms. The molecular formula is C25H23FN6O3. The molecule has 9 nitrogen and oxygen atoms in total. The number of anilines is 1. The quantitative estimate of drug-likeness (QED) is 0.436. The summed E-state index contributed by atoms with van der Waals surface area (Å²) in [6.07, 6.45) is 4.47. The SMILES string of the molecule is COc1cc(F)ncc1NC(=O)Cc1nc2cnc3ccc(C#N)cc3c2n1[C@@H]1CCO[C@H](C)C1. The Morgan fingerprint density at radius 3 is 2.94 bits per heavy atom. The maximum atomic E-state index is 13.5. The summed E-state index contributed by atoms with van der Waals surface area (Å²) >= 11 is 0. The summed E-state index contributed by atoms with van der Waals surface area (Å²) in [6.45, 7) is 2.63. The third kappa shape index (κ3) is 4.38. The van der Waals surface area contributed by atoms with E-state index < -0.39 is 5.95 Å². The third-order valence-electron chi connectivity index (χ3n) is 6.19. The van der Waals surface area contributed by atoms with Gasteiger partial charge in [-0.05, 0) is 38.0 Å². The number of hydrogen-bond donors (Lipinski definition) is 1. The Morgan fingerprint density at radius 2 is 2.17 bits per heavy atom. The molecule has 1 amide bonds. The molecule has 3 aromatic heterocycles. The van der Waals surface area contributed by atoms with Crippen LogP contribution < -0.4 is 10.1 Å². The van der Waals surface area contributed by atoms with Crippen molar-refractivity contribution in [1.29, 1.82) is 5.26 Å². The second-order valence-corrected chi connectivity index (χ2v) is 8.53. The first kappa shape index (κ1) is 22.7. The van der Waals surface area contributed by atoms with E-state index in [1.807, 2.05) is 19.1 Å². The molecule has 178 valence electrons. The highest BCUT2D eigenvalue weighted by Gasteiger charge is 2.27. The van der Waals surface area contributed by atoms with Crippen LogP contribution >= 0.6 is 0 Å². The van der Waals surface area contributed by atoms with Gasteiger partial charge in [-0.1, -0.05) is 0 Å². The number of nitrogens with one attached hydrogen (secondary N) is 1. The van der Waals surface area contributed by atoms with Gasteiger partial charge in [-0.3, -0.25) is 9.78 Å². The molecule has 0 spiro atoms. The Bertz CT molecular complexity index is 1480. The number of methoxy groups -OCH3 is 1. The lowest BCUT2D eigenvalue weighted by Crippen LogP contribution is -2.27. The molecule has 0 saturated carbocycles. The number of benzene rings is 1. The van der Waals surface area contributed by atoms with Crippen molar-refractivity contribution in [3.63, 3.8) is 0 Å². The lowest BCUT2D eigenvalue weighted by molar-refractivity contribution is -0.115. The number of aromatic nitrogens is 4. The van der Waals surface area contributed by atoms with Gasteiger partial charge < -0.3 is 19.4 Å². The fourth-order valence-electron chi connectivity index (χ4n) is 4.64. The predicted octanol–water partition coefficient (Wildman–Crippen LogP) is 3.92. The zero-order chi connectivity index (χ0) is 24.5. The van der Waals surface area contributed by atoms with Gasteiger partial charge in [0.25, 0.3) is 0 Å². The number of nitriles is 1. The fraction of sp³-hybridized carbons (Fsp3) is 0.320. The van der Waals surface area contributed by atoms with E-state index in [2.05, 4.69) is 25.9 Å². The molecule has 0 bridgehead atoms. The van der Waals surface area contributed by atoms with Crippen molar-refractivity contribution in [3.05, 3.63) is 54.0 Å². The summed E-state index contributed by atoms with van der Waals surface area (Å²) in [5.41, 5.74) is 3.03. The van der Waals surface area contributed by atoms with Crippen molar-refractivity contribution in [1.82, 2.24) is 19.5 Å². The largest absolute Gasteiger partial charge is 0.494 e. The molecule has 0 aliphatic carbocycles. The molecule has 2 atom stereocenters. The summed E-state index contributed by atoms with van der Waals surface area (Å²) in [4.78, 5) is 25.9. The van der Waals surface area contributed by atoms with E-state index in [-0.39, 0.29) is 35.9 Å². The van der Waals surface area contributed by atoms with Crippen LogP contribution in [0.1, 0.15) is 37.2 Å². The van der Waals surface area contributed by atoms with Gasteiger partial charge in [0.1, 0.15) is 22.8 Å². The Balaban J connectivity index is 1.59. The average Bonchev–Trinajstić information content (AvgIpc) is 3.23. The molecule has 1 aliphatic heterocycles. The molecule has 35 heavy (non-hydrogen) atoms. The highest BCUT2D eigenvalue weighted by molar-refractivity contribution is 6.03. The van der Waals surface area contributed by atoms with E-state index >= 15 is 0 Å². The minimum absolute atomic E-state index is 0.0274. The van der Waals surface area contributed by atoms with Gasteiger partial charge in [-0.15, -0.1) is 0 Å². The van der Waals surface area contributed by atoms with Crippen LogP contribution in [0.25, 0.3) is 21.9 Å². The molecule has 1 N–H and O–H groups in total. The predicted molar refractivity (Wildman–Crippen MR) is 127 cm³/mol. The van der Waals surface area contributed by atoms with Crippen LogP contribution in [0.2, 0.25) is 0 Å². The second-order valence-electron chi connectivity index (χ2n) is 8.53. The summed E-state index contributed by atoms with van der Waals surface area (Å²) in [5.74, 6) is -0.297. The third-order valence-corrected chi connectivity index (χ3v) is 6.19. The van der Waals surface area contributed by atoms with Gasteiger partial charge in [0.05, 0.1) is 54.7 Å². The summed E-state index contributed by atoms with van der Waals surface area (Å²) in [5, 5.41) is 13.0. The van der Waals surface area contributed by atoms with Crippen LogP contribution in [-0.4, -0.2) is 45.2 Å². The van der Waals surface area contributed by atoms with E-state index in [0.717, 1.165) is 35.3 Å². The number of ether oxygens (including phenoxy) is 2. The zero-order valence-corrected chi connectivity index (χ0v) is 19.3. The number of pyridine rings is 2. The van der Waals surface area contributed by atoms with E-state index in [1.165, 1.54) is 13.3 Å². The number of halogens is 1. The zero-order valence-electron chi connectivity index (χ0n) is 19.3. The number of carbonyl (C=O) groups is 1. The fourth-order valence-corrected chi connectivity index (χ4v) is 4.64. The molecule has 5 rings (SSSR count). The van der Waals surface area contributed by atoms with E-state index in [1.54, 1.807) is 12.3 Å². The van der Waals surface area contributed by atoms with Gasteiger partial charge in [0.15, 0.2) is 0 Å². The average molecular weight is 474 g/mol. The van der Waals surface area contributed by atoms with Crippen LogP contribution in [0.5, 0.6) is 5.75 Å². The molecule has 4 heterocycles. The van der Waals surface area contributed by atoms with Crippen LogP contribution in [-0.2, 0) is 16.0 Å². The highest BCUT2D eigenvalue weighted by Crippen LogP contribution is 2.34. The van der Waals surface area contributed by atoms with Crippen molar-refractivity contribution in [2.24, 2.45) is 0 Å². The molecule has 0 radical (unpaired) electrons. The molecule has 1 aromatic carbocycles. The van der Waals surface area contributed by atoms with Crippen molar-refractivity contribution in [2.75, 3.05) is 19.0 Å². The molecule has 1 fully saturated rings. The Morgan fingerprint density at radius 1 is 1.31 bits per heavy atom. The van der Waals surface area contributed by atoms with Gasteiger partial charge in [0.2, 0.25) is 11.9 Å². The number of carbonyl (C=O) groups excluding carboxylic acids is 1. The monoisotopic (exact) mass is 474 g/mol. The smallest absolute Gasteiger partial charge is 0.232 e. The Labute approximate surface area is 200 Å². The Hall–Kier alpha value is -4.10. The molecule has 4 aromatic rings. The number of rotatable bonds is 5. The summed E-state index contributed by atoms with van der Waals surface area (Å²) in [7, 11) is 1.39. The van der Waals surface area contributed by atoms with Crippen molar-refractivity contribution >= 4 is 33.5 Å². The number of fused-ring (bicyclic) bond motifs is 3. The summed E-state index contributed by atoms with van der Waals surface area (Å²) < 4.78 is 26.5. The molecule has 1 saturated heterocycles. The van der Waals surface area contributed by atoms with Gasteiger partial charge in [-0.25, -0.2) is 9.97 Å². The van der Waals surface area contributed by atoms with Crippen LogP contribution in [0, 0.1) is 17.3 Å². The topological polar surface area (TPSA) is 115 Å². The van der Waals surface area contributed by atoms with E-state index in [4.69, 9.17) is 14.5 Å². The first-order chi connectivity index (χ1) is 17.0. The second kappa shape index (κ2) is 9.27. The number of hydrogen-bond acceptors (Lipinski definition) is 7. The lowest BCUT2D eigenvalue weighted by Gasteiger charge is -2.30. The van der Waals surface area contributed by atoms with E-state index in [0.29, 0.717) is 23.5 Å². The number of amides is 1. The molecule has 1 aliphatic rings. The minimum atomic E-state index is -0.702. The molecule has 0 unspecified atom stereocenters. The maximum absolute atomic E-state index is 13.5. The summed E-state index contributed by atoms with van der Waals surface area (Å²) in [6, 6.07) is 8.71. The van der Waals surface area contributed by atoms with Crippen molar-refractivity contribution in [3.8, 4) is 11.8 Å². The normalized spacial score (nSPS) is 17.9. The minimum Gasteiger partial charge on any atom is -0.494 e. The van der Waals surface area contributed by atoms with Gasteiger partial charge in [0, 0.05) is 24.1 Å². The highest BCUT2D eigenvalue weighted by atomic mass is 19.1. The maximum Gasteiger partial charge on any atom is 0.232 e. The van der Waals surface area contributed by atoms with Crippen LogP contribution in [0.3, 0.4) is 0 Å². The standard InChI is InChI=1S/C25H23FN6O3/c1-14-7-16(5-6-35-14)32-23(10-24(33)31-19-12-29-22(26)9-21(19)34-2)30-20-13-28-18-4-3-15(11-27)8-17(18)25(20)32/h3-4,8-9,12-14,16H,5-7,10H2,1-2H3,(H,31,33)/t14-,16-/m1/s1. The van der Waals surface area contributed by atoms with Crippen LogP contribution in [0.15, 0.2) is 36.7 Å². The van der Waals surface area contributed by atoms with Crippen LogP contribution in [0.4, 0.5) is 10.1 Å². The van der Waals surface area contributed by atoms with E-state index in [9.17, 15) is 14.4 Å². The molecular weight excluding hydrogens is 451 g/mol. The number of nitrogens with zero attached hydrogens (tertiary/aromatic N) is 5. The Kier molecular flexibility index (Phi) is 6.01. The van der Waals surface area contributed by atoms with Crippen molar-refractivity contribution < 1.29 is 18.7 Å². The first-order valence-corrected chi connectivity index (χ1v) is 11.3. The first-order valence-electron chi connectivity index (χ1n) is 11.3. The lowest BCUT2D eigenvalue weighted by atomic mass is 10.0.